The van der Waals surface area contributed by atoms with Gasteiger partial charge in [0.1, 0.15) is 11.3 Å². The third kappa shape index (κ3) is 2.04. The summed E-state index contributed by atoms with van der Waals surface area (Å²) in [4.78, 5) is 15.3. The van der Waals surface area contributed by atoms with Crippen molar-refractivity contribution in [1.82, 2.24) is 4.98 Å². The van der Waals surface area contributed by atoms with Crippen LogP contribution in [-0.2, 0) is 4.74 Å². The lowest BCUT2D eigenvalue weighted by Gasteiger charge is -2.25. The van der Waals surface area contributed by atoms with Gasteiger partial charge in [0.25, 0.3) is 0 Å². The van der Waals surface area contributed by atoms with E-state index >= 15 is 0 Å². The van der Waals surface area contributed by atoms with Gasteiger partial charge in [-0.15, -0.1) is 0 Å². The molecule has 14 heavy (non-hydrogen) atoms. The van der Waals surface area contributed by atoms with Gasteiger partial charge in [0.05, 0.1) is 5.56 Å². The number of carbonyl (C=O) groups is 1. The number of hydrogen-bond donors (Lipinski definition) is 0. The summed E-state index contributed by atoms with van der Waals surface area (Å²) in [5, 5.41) is 0.313. The lowest BCUT2D eigenvalue weighted by atomic mass is 9.96. The van der Waals surface area contributed by atoms with Crippen LogP contribution in [0.1, 0.15) is 29.6 Å². The van der Waals surface area contributed by atoms with Crippen LogP contribution in [0.25, 0.3) is 0 Å². The average Bonchev–Trinajstić information content (AvgIpc) is 2.11. The fourth-order valence-electron chi connectivity index (χ4n) is 1.24. The van der Waals surface area contributed by atoms with E-state index in [2.05, 4.69) is 4.98 Å². The Morgan fingerprint density at radius 3 is 2.93 bits per heavy atom. The molecule has 74 valence electrons. The number of pyridine rings is 1. The number of rotatable bonds is 2. The van der Waals surface area contributed by atoms with Gasteiger partial charge in [-0.1, -0.05) is 11.6 Å². The minimum Gasteiger partial charge on any atom is -0.459 e. The molecule has 0 N–H and O–H groups in total. The molecule has 0 aliphatic heterocycles. The van der Waals surface area contributed by atoms with Crippen molar-refractivity contribution in [3.63, 3.8) is 0 Å². The van der Waals surface area contributed by atoms with Crippen molar-refractivity contribution in [1.29, 1.82) is 0 Å². The van der Waals surface area contributed by atoms with Crippen molar-refractivity contribution >= 4 is 17.6 Å². The van der Waals surface area contributed by atoms with Crippen LogP contribution in [-0.4, -0.2) is 17.1 Å². The van der Waals surface area contributed by atoms with Gasteiger partial charge in [0, 0.05) is 6.20 Å². The maximum Gasteiger partial charge on any atom is 0.338 e. The molecule has 2 rings (SSSR count). The van der Waals surface area contributed by atoms with Gasteiger partial charge < -0.3 is 4.74 Å². The van der Waals surface area contributed by atoms with E-state index in [1.54, 1.807) is 6.07 Å². The largest absolute Gasteiger partial charge is 0.459 e. The molecule has 0 aromatic carbocycles. The minimum absolute atomic E-state index is 0.106. The summed E-state index contributed by atoms with van der Waals surface area (Å²) in [5.74, 6) is -0.306. The molecule has 1 aliphatic rings. The first-order chi connectivity index (χ1) is 6.75. The normalized spacial score (nSPS) is 16.1. The highest BCUT2D eigenvalue weighted by molar-refractivity contribution is 6.29. The third-order valence-corrected chi connectivity index (χ3v) is 2.49. The zero-order valence-electron chi connectivity index (χ0n) is 7.57. The van der Waals surface area contributed by atoms with E-state index in [0.29, 0.717) is 10.7 Å². The van der Waals surface area contributed by atoms with Crippen molar-refractivity contribution in [3.05, 3.63) is 29.0 Å². The van der Waals surface area contributed by atoms with E-state index in [9.17, 15) is 4.79 Å². The predicted octanol–water partition coefficient (Wildman–Crippen LogP) is 2.44. The third-order valence-electron chi connectivity index (χ3n) is 2.29. The van der Waals surface area contributed by atoms with Crippen LogP contribution in [0.2, 0.25) is 5.15 Å². The monoisotopic (exact) mass is 211 g/mol. The van der Waals surface area contributed by atoms with E-state index in [-0.39, 0.29) is 12.1 Å². The van der Waals surface area contributed by atoms with E-state index < -0.39 is 0 Å². The molecule has 1 fully saturated rings. The summed E-state index contributed by atoms with van der Waals surface area (Å²) in [6.07, 6.45) is 4.71. The smallest absolute Gasteiger partial charge is 0.338 e. The van der Waals surface area contributed by atoms with Gasteiger partial charge in [-0.2, -0.15) is 0 Å². The van der Waals surface area contributed by atoms with Crippen LogP contribution in [0, 0.1) is 0 Å². The molecule has 0 amide bonds. The SMILES string of the molecule is O=C(OC1CCC1)c1ccnc(Cl)c1. The molecule has 4 heteroatoms. The number of halogens is 1. The zero-order chi connectivity index (χ0) is 9.97. The molecule has 0 saturated heterocycles. The standard InChI is InChI=1S/C10H10ClNO2/c11-9-6-7(4-5-12-9)10(13)14-8-2-1-3-8/h4-6,8H,1-3H2. The molecule has 0 spiro atoms. The first kappa shape index (κ1) is 9.46. The average molecular weight is 212 g/mol. The Balaban J connectivity index is 2.02. The Kier molecular flexibility index (Phi) is 2.68. The molecule has 1 aromatic rings. The number of hydrogen-bond acceptors (Lipinski definition) is 3. The lowest BCUT2D eigenvalue weighted by Crippen LogP contribution is -2.25. The summed E-state index contributed by atoms with van der Waals surface area (Å²) >= 11 is 5.65. The molecular weight excluding hydrogens is 202 g/mol. The molecule has 0 atom stereocenters. The van der Waals surface area contributed by atoms with Crippen LogP contribution >= 0.6 is 11.6 Å². The van der Waals surface area contributed by atoms with E-state index in [0.717, 1.165) is 19.3 Å². The maximum absolute atomic E-state index is 11.5. The number of esters is 1. The van der Waals surface area contributed by atoms with Gasteiger partial charge in [0.2, 0.25) is 0 Å². The lowest BCUT2D eigenvalue weighted by molar-refractivity contribution is 0.00900. The maximum atomic E-state index is 11.5. The fraction of sp³-hybridized carbons (Fsp3) is 0.400. The van der Waals surface area contributed by atoms with Crippen molar-refractivity contribution in [2.24, 2.45) is 0 Å². The van der Waals surface area contributed by atoms with Crippen LogP contribution in [0.3, 0.4) is 0 Å². The van der Waals surface area contributed by atoms with Gasteiger partial charge >= 0.3 is 5.97 Å². The quantitative estimate of drug-likeness (QED) is 0.557. The number of aromatic nitrogens is 1. The first-order valence-corrected chi connectivity index (χ1v) is 4.96. The molecule has 0 radical (unpaired) electrons. The second kappa shape index (κ2) is 3.96. The number of nitrogens with zero attached hydrogens (tertiary/aromatic N) is 1. The second-order valence-corrected chi connectivity index (χ2v) is 3.71. The van der Waals surface area contributed by atoms with Gasteiger partial charge in [-0.25, -0.2) is 9.78 Å². The Bertz CT molecular complexity index is 350. The summed E-state index contributed by atoms with van der Waals surface area (Å²) in [6.45, 7) is 0. The summed E-state index contributed by atoms with van der Waals surface area (Å²) in [6, 6.07) is 3.12. The molecule has 1 heterocycles. The number of ether oxygens (including phenoxy) is 1. The van der Waals surface area contributed by atoms with Crippen LogP contribution < -0.4 is 0 Å². The van der Waals surface area contributed by atoms with E-state index in [1.165, 1.54) is 12.3 Å². The highest BCUT2D eigenvalue weighted by Crippen LogP contribution is 2.23. The molecule has 1 aliphatic carbocycles. The Labute approximate surface area is 87.0 Å². The van der Waals surface area contributed by atoms with Gasteiger partial charge in [0.15, 0.2) is 0 Å². The summed E-state index contributed by atoms with van der Waals surface area (Å²) < 4.78 is 5.20. The Morgan fingerprint density at radius 1 is 1.57 bits per heavy atom. The van der Waals surface area contributed by atoms with Crippen LogP contribution in [0.4, 0.5) is 0 Å². The van der Waals surface area contributed by atoms with E-state index in [4.69, 9.17) is 16.3 Å². The van der Waals surface area contributed by atoms with Crippen molar-refractivity contribution in [2.45, 2.75) is 25.4 Å². The molecule has 0 unspecified atom stereocenters. The Morgan fingerprint density at radius 2 is 2.36 bits per heavy atom. The first-order valence-electron chi connectivity index (χ1n) is 4.58. The topological polar surface area (TPSA) is 39.2 Å². The summed E-state index contributed by atoms with van der Waals surface area (Å²) in [5.41, 5.74) is 0.469. The Hall–Kier alpha value is -1.09. The summed E-state index contributed by atoms with van der Waals surface area (Å²) in [7, 11) is 0. The molecular formula is C10H10ClNO2. The second-order valence-electron chi connectivity index (χ2n) is 3.33. The molecule has 3 nitrogen and oxygen atoms in total. The molecule has 1 saturated carbocycles. The molecule has 1 aromatic heterocycles. The van der Waals surface area contributed by atoms with E-state index in [1.807, 2.05) is 0 Å². The molecule has 0 bridgehead atoms. The van der Waals surface area contributed by atoms with Crippen molar-refractivity contribution in [3.8, 4) is 0 Å². The highest BCUT2D eigenvalue weighted by Gasteiger charge is 2.22. The fourth-order valence-corrected chi connectivity index (χ4v) is 1.41. The number of carbonyl (C=O) groups excluding carboxylic acids is 1. The van der Waals surface area contributed by atoms with Crippen LogP contribution in [0.5, 0.6) is 0 Å². The van der Waals surface area contributed by atoms with Crippen molar-refractivity contribution < 1.29 is 9.53 Å². The minimum atomic E-state index is -0.306. The van der Waals surface area contributed by atoms with Crippen LogP contribution in [0.15, 0.2) is 18.3 Å². The van der Waals surface area contributed by atoms with Gasteiger partial charge in [-0.3, -0.25) is 0 Å². The predicted molar refractivity (Wildman–Crippen MR) is 52.3 cm³/mol. The zero-order valence-corrected chi connectivity index (χ0v) is 8.33. The highest BCUT2D eigenvalue weighted by atomic mass is 35.5. The van der Waals surface area contributed by atoms with Crippen molar-refractivity contribution in [2.75, 3.05) is 0 Å². The van der Waals surface area contributed by atoms with Gasteiger partial charge in [-0.05, 0) is 31.4 Å².